The Morgan fingerprint density at radius 3 is 2.76 bits per heavy atom. The number of aromatic hydroxyl groups is 1. The highest BCUT2D eigenvalue weighted by Gasteiger charge is 2.45. The van der Waals surface area contributed by atoms with E-state index in [1.54, 1.807) is 18.3 Å². The van der Waals surface area contributed by atoms with Gasteiger partial charge >= 0.3 is 6.01 Å². The number of ether oxygens (including phenoxy) is 1. The van der Waals surface area contributed by atoms with Crippen LogP contribution in [0.1, 0.15) is 37.7 Å². The molecular formula is C32H33FN6O2. The number of phenolic OH excluding ortho intramolecular Hbond substituents is 1. The summed E-state index contributed by atoms with van der Waals surface area (Å²) in [6.45, 7) is 5.90. The number of nitrogens with zero attached hydrogens (tertiary/aromatic N) is 5. The highest BCUT2D eigenvalue weighted by Crippen LogP contribution is 2.40. The van der Waals surface area contributed by atoms with Gasteiger partial charge in [-0.3, -0.25) is 9.88 Å². The van der Waals surface area contributed by atoms with Gasteiger partial charge in [0.15, 0.2) is 5.82 Å². The van der Waals surface area contributed by atoms with Crippen LogP contribution in [0, 0.1) is 18.2 Å². The fourth-order valence-electron chi connectivity index (χ4n) is 6.95. The molecule has 3 saturated heterocycles. The third-order valence-electron chi connectivity index (χ3n) is 8.94. The van der Waals surface area contributed by atoms with Gasteiger partial charge in [0.25, 0.3) is 0 Å². The molecule has 3 aliphatic rings. The van der Waals surface area contributed by atoms with Crippen LogP contribution in [-0.2, 0) is 0 Å². The molecule has 2 N–H and O–H groups in total. The molecule has 3 fully saturated rings. The Kier molecular flexibility index (Phi) is 6.60. The zero-order chi connectivity index (χ0) is 28.0. The molecule has 210 valence electrons. The summed E-state index contributed by atoms with van der Waals surface area (Å²) < 4.78 is 23.0. The van der Waals surface area contributed by atoms with E-state index in [-0.39, 0.29) is 28.5 Å². The molecule has 0 radical (unpaired) electrons. The predicted molar refractivity (Wildman–Crippen MR) is 158 cm³/mol. The zero-order valence-corrected chi connectivity index (χ0v) is 23.0. The number of pyridine rings is 1. The molecule has 3 aliphatic heterocycles. The molecule has 9 heteroatoms. The fourth-order valence-corrected chi connectivity index (χ4v) is 6.95. The lowest BCUT2D eigenvalue weighted by molar-refractivity contribution is 0.108. The van der Waals surface area contributed by atoms with E-state index >= 15 is 4.39 Å². The number of rotatable bonds is 5. The summed E-state index contributed by atoms with van der Waals surface area (Å²) in [7, 11) is 0. The summed E-state index contributed by atoms with van der Waals surface area (Å²) in [4.78, 5) is 18.8. The van der Waals surface area contributed by atoms with E-state index in [2.05, 4.69) is 31.0 Å². The number of hydrogen-bond donors (Lipinski definition) is 2. The number of phenols is 1. The van der Waals surface area contributed by atoms with E-state index in [0.717, 1.165) is 71.4 Å². The van der Waals surface area contributed by atoms with Crippen LogP contribution >= 0.6 is 0 Å². The van der Waals surface area contributed by atoms with Gasteiger partial charge in [-0.15, -0.1) is 6.42 Å². The molecule has 2 aromatic heterocycles. The van der Waals surface area contributed by atoms with Crippen molar-refractivity contribution in [3.05, 3.63) is 47.9 Å². The van der Waals surface area contributed by atoms with E-state index in [1.165, 1.54) is 6.07 Å². The van der Waals surface area contributed by atoms with Gasteiger partial charge in [0.1, 0.15) is 29.4 Å². The van der Waals surface area contributed by atoms with Crippen molar-refractivity contribution in [1.29, 1.82) is 0 Å². The maximum absolute atomic E-state index is 16.6. The van der Waals surface area contributed by atoms with Crippen molar-refractivity contribution < 1.29 is 14.2 Å². The van der Waals surface area contributed by atoms with Crippen LogP contribution in [0.15, 0.2) is 36.5 Å². The molecule has 4 aromatic rings. The second-order valence-electron chi connectivity index (χ2n) is 11.4. The first-order valence-electron chi connectivity index (χ1n) is 14.5. The summed E-state index contributed by atoms with van der Waals surface area (Å²) >= 11 is 0. The van der Waals surface area contributed by atoms with Crippen molar-refractivity contribution in [3.8, 4) is 35.4 Å². The molecule has 0 amide bonds. The Bertz CT molecular complexity index is 1670. The maximum atomic E-state index is 16.6. The minimum Gasteiger partial charge on any atom is -0.508 e. The summed E-state index contributed by atoms with van der Waals surface area (Å²) in [6, 6.07) is 8.77. The molecular weight excluding hydrogens is 519 g/mol. The largest absolute Gasteiger partial charge is 0.508 e. The highest BCUT2D eigenvalue weighted by molar-refractivity contribution is 6.02. The summed E-state index contributed by atoms with van der Waals surface area (Å²) in [5, 5.41) is 15.8. The first-order valence-corrected chi connectivity index (χ1v) is 14.5. The molecule has 0 spiro atoms. The SMILES string of the molecule is C#Cc1cccc2cc(O)cc(-c3ncc4c(N5CCCNCC5)nc(OCC56CCCN5CCC6)nc4c3F)c12. The van der Waals surface area contributed by atoms with E-state index in [4.69, 9.17) is 16.1 Å². The second kappa shape index (κ2) is 10.4. The Labute approximate surface area is 238 Å². The minimum atomic E-state index is -0.593. The summed E-state index contributed by atoms with van der Waals surface area (Å²) in [5.74, 6) is 2.73. The van der Waals surface area contributed by atoms with Crippen LogP contribution < -0.4 is 15.0 Å². The Morgan fingerprint density at radius 1 is 1.07 bits per heavy atom. The summed E-state index contributed by atoms with van der Waals surface area (Å²) in [5.41, 5.74) is 1.25. The standard InChI is InChI=1S/C32H33FN6O2/c1-2-21-7-3-8-22-17-23(40)18-24(26(21)22)28-27(33)29-25(19-35-28)30(38-13-6-11-34-12-16-38)37-31(36-29)41-20-32-9-4-14-39(32)15-5-10-32/h1,3,7-8,17-19,34,40H,4-6,9-16,20H2. The van der Waals surface area contributed by atoms with Crippen molar-refractivity contribution >= 4 is 27.5 Å². The number of anilines is 1. The molecule has 41 heavy (non-hydrogen) atoms. The quantitative estimate of drug-likeness (QED) is 0.351. The number of benzene rings is 2. The molecule has 7 rings (SSSR count). The fraction of sp³-hybridized carbons (Fsp3) is 0.406. The Morgan fingerprint density at radius 2 is 1.93 bits per heavy atom. The molecule has 0 saturated carbocycles. The average Bonchev–Trinajstić information content (AvgIpc) is 3.45. The molecule has 8 nitrogen and oxygen atoms in total. The first kappa shape index (κ1) is 25.9. The molecule has 0 bridgehead atoms. The third kappa shape index (κ3) is 4.52. The van der Waals surface area contributed by atoms with Gasteiger partial charge in [-0.25, -0.2) is 4.39 Å². The van der Waals surface area contributed by atoms with Gasteiger partial charge in [-0.1, -0.05) is 18.1 Å². The van der Waals surface area contributed by atoms with Crippen molar-refractivity contribution in [1.82, 2.24) is 25.2 Å². The number of hydrogen-bond acceptors (Lipinski definition) is 8. The number of halogens is 1. The van der Waals surface area contributed by atoms with Gasteiger partial charge in [0.05, 0.1) is 10.9 Å². The lowest BCUT2D eigenvalue weighted by atomic mass is 9.95. The van der Waals surface area contributed by atoms with Crippen LogP contribution in [-0.4, -0.2) is 76.4 Å². The van der Waals surface area contributed by atoms with Gasteiger partial charge < -0.3 is 20.1 Å². The van der Waals surface area contributed by atoms with Crippen LogP contribution in [0.5, 0.6) is 11.8 Å². The molecule has 2 aromatic carbocycles. The minimum absolute atomic E-state index is 0.00405. The van der Waals surface area contributed by atoms with Crippen LogP contribution in [0.4, 0.5) is 10.2 Å². The Balaban J connectivity index is 1.38. The van der Waals surface area contributed by atoms with E-state index < -0.39 is 5.82 Å². The number of aromatic nitrogens is 3. The topological polar surface area (TPSA) is 86.6 Å². The highest BCUT2D eigenvalue weighted by atomic mass is 19.1. The Hall–Kier alpha value is -4.00. The lowest BCUT2D eigenvalue weighted by Crippen LogP contribution is -2.43. The van der Waals surface area contributed by atoms with Crippen molar-refractivity contribution in [2.24, 2.45) is 0 Å². The summed E-state index contributed by atoms with van der Waals surface area (Å²) in [6.07, 6.45) is 12.9. The monoisotopic (exact) mass is 552 g/mol. The van der Waals surface area contributed by atoms with E-state index in [9.17, 15) is 5.11 Å². The van der Waals surface area contributed by atoms with Gasteiger partial charge in [0.2, 0.25) is 0 Å². The smallest absolute Gasteiger partial charge is 0.319 e. The number of terminal acetylenes is 1. The van der Waals surface area contributed by atoms with Crippen molar-refractivity contribution in [3.63, 3.8) is 0 Å². The number of fused-ring (bicyclic) bond motifs is 3. The van der Waals surface area contributed by atoms with Crippen molar-refractivity contribution in [2.45, 2.75) is 37.6 Å². The number of nitrogens with one attached hydrogen (secondary N) is 1. The maximum Gasteiger partial charge on any atom is 0.319 e. The zero-order valence-electron chi connectivity index (χ0n) is 23.0. The molecule has 5 heterocycles. The molecule has 0 atom stereocenters. The van der Waals surface area contributed by atoms with Crippen LogP contribution in [0.2, 0.25) is 0 Å². The molecule has 0 unspecified atom stereocenters. The van der Waals surface area contributed by atoms with E-state index in [1.807, 2.05) is 12.1 Å². The lowest BCUT2D eigenvalue weighted by Gasteiger charge is -2.31. The first-order chi connectivity index (χ1) is 20.1. The third-order valence-corrected chi connectivity index (χ3v) is 8.94. The normalized spacial score (nSPS) is 18.9. The molecule has 0 aliphatic carbocycles. The van der Waals surface area contributed by atoms with Crippen LogP contribution in [0.25, 0.3) is 32.9 Å². The second-order valence-corrected chi connectivity index (χ2v) is 11.4. The average molecular weight is 553 g/mol. The predicted octanol–water partition coefficient (Wildman–Crippen LogP) is 4.48. The van der Waals surface area contributed by atoms with Crippen molar-refractivity contribution in [2.75, 3.05) is 50.8 Å². The van der Waals surface area contributed by atoms with Gasteiger partial charge in [-0.05, 0) is 75.3 Å². The van der Waals surface area contributed by atoms with Gasteiger partial charge in [-0.2, -0.15) is 9.97 Å². The van der Waals surface area contributed by atoms with Crippen LogP contribution in [0.3, 0.4) is 0 Å². The van der Waals surface area contributed by atoms with E-state index in [0.29, 0.717) is 39.7 Å². The van der Waals surface area contributed by atoms with Gasteiger partial charge in [0, 0.05) is 42.3 Å².